The predicted molar refractivity (Wildman–Crippen MR) is 74.6 cm³/mol. The molecule has 1 aromatic carbocycles. The third-order valence-electron chi connectivity index (χ3n) is 2.33. The van der Waals surface area contributed by atoms with E-state index in [0.717, 1.165) is 17.1 Å². The number of nitrogens with one attached hydrogen (secondary N) is 1. The number of hydrogen-bond donors (Lipinski definition) is 1. The van der Waals surface area contributed by atoms with E-state index in [1.165, 1.54) is 0 Å². The maximum atomic E-state index is 11.8. The van der Waals surface area contributed by atoms with Crippen molar-refractivity contribution in [2.45, 2.75) is 13.3 Å². The number of aromatic nitrogens is 2. The molecule has 0 aliphatic heterocycles. The van der Waals surface area contributed by atoms with Gasteiger partial charge in [-0.05, 0) is 24.0 Å². The van der Waals surface area contributed by atoms with Crippen LogP contribution in [0.4, 0.5) is 5.95 Å². The van der Waals surface area contributed by atoms with Gasteiger partial charge in [0.15, 0.2) is 0 Å². The highest BCUT2D eigenvalue weighted by atomic mass is 32.1. The first-order valence-electron chi connectivity index (χ1n) is 6.03. The molecule has 0 radical (unpaired) electrons. The molecule has 104 valence electrons. The Bertz CT molecular complexity index is 598. The van der Waals surface area contributed by atoms with Gasteiger partial charge in [-0.1, -0.05) is 30.3 Å². The molecule has 0 spiro atoms. The molecule has 0 saturated heterocycles. The SMILES string of the molecule is CCOC(=O)c1nc(NC(=O)Cc2ccccc2)ns1. The molecule has 7 heteroatoms. The minimum atomic E-state index is -0.534. The van der Waals surface area contributed by atoms with E-state index in [1.54, 1.807) is 6.92 Å². The molecule has 0 aliphatic rings. The molecule has 0 bridgehead atoms. The van der Waals surface area contributed by atoms with Crippen molar-refractivity contribution in [3.05, 3.63) is 40.9 Å². The van der Waals surface area contributed by atoms with E-state index in [2.05, 4.69) is 14.7 Å². The van der Waals surface area contributed by atoms with Crippen molar-refractivity contribution < 1.29 is 14.3 Å². The van der Waals surface area contributed by atoms with Gasteiger partial charge in [0.2, 0.25) is 16.9 Å². The number of anilines is 1. The van der Waals surface area contributed by atoms with Gasteiger partial charge in [0.05, 0.1) is 13.0 Å². The van der Waals surface area contributed by atoms with E-state index in [9.17, 15) is 9.59 Å². The molecule has 0 fully saturated rings. The fourth-order valence-corrected chi connectivity index (χ4v) is 2.02. The number of benzene rings is 1. The predicted octanol–water partition coefficient (Wildman–Crippen LogP) is 1.90. The quantitative estimate of drug-likeness (QED) is 0.851. The molecule has 6 nitrogen and oxygen atoms in total. The van der Waals surface area contributed by atoms with Gasteiger partial charge in [-0.2, -0.15) is 9.36 Å². The van der Waals surface area contributed by atoms with E-state index in [-0.39, 0.29) is 29.9 Å². The zero-order chi connectivity index (χ0) is 14.4. The van der Waals surface area contributed by atoms with Crippen molar-refractivity contribution in [3.63, 3.8) is 0 Å². The first-order valence-corrected chi connectivity index (χ1v) is 6.81. The maximum Gasteiger partial charge on any atom is 0.369 e. The third kappa shape index (κ3) is 3.86. The summed E-state index contributed by atoms with van der Waals surface area (Å²) in [6.07, 6.45) is 0.231. The molecule has 1 heterocycles. The summed E-state index contributed by atoms with van der Waals surface area (Å²) in [6, 6.07) is 9.33. The van der Waals surface area contributed by atoms with Gasteiger partial charge >= 0.3 is 5.97 Å². The van der Waals surface area contributed by atoms with E-state index in [1.807, 2.05) is 30.3 Å². The first kappa shape index (κ1) is 14.1. The van der Waals surface area contributed by atoms with Crippen LogP contribution in [0.25, 0.3) is 0 Å². The van der Waals surface area contributed by atoms with Crippen LogP contribution < -0.4 is 5.32 Å². The Balaban J connectivity index is 1.93. The number of carbonyl (C=O) groups is 2. The highest BCUT2D eigenvalue weighted by molar-refractivity contribution is 7.07. The highest BCUT2D eigenvalue weighted by Gasteiger charge is 2.15. The molecule has 0 unspecified atom stereocenters. The Morgan fingerprint density at radius 3 is 2.75 bits per heavy atom. The normalized spacial score (nSPS) is 10.1. The number of amides is 1. The zero-order valence-electron chi connectivity index (χ0n) is 10.8. The standard InChI is InChI=1S/C13H13N3O3S/c1-2-19-12(18)11-15-13(16-20-11)14-10(17)8-9-6-4-3-5-7-9/h3-7H,2,8H2,1H3,(H,14,16,17). The smallest absolute Gasteiger partial charge is 0.369 e. The molecule has 20 heavy (non-hydrogen) atoms. The summed E-state index contributed by atoms with van der Waals surface area (Å²) in [7, 11) is 0. The number of esters is 1. The van der Waals surface area contributed by atoms with Crippen LogP contribution in [0, 0.1) is 0 Å². The number of rotatable bonds is 5. The second-order valence-electron chi connectivity index (χ2n) is 3.85. The highest BCUT2D eigenvalue weighted by Crippen LogP contribution is 2.11. The molecule has 1 N–H and O–H groups in total. The van der Waals surface area contributed by atoms with Crippen LogP contribution in [0.5, 0.6) is 0 Å². The molecule has 2 rings (SSSR count). The van der Waals surface area contributed by atoms with Crippen LogP contribution in [0.2, 0.25) is 0 Å². The zero-order valence-corrected chi connectivity index (χ0v) is 11.6. The Hall–Kier alpha value is -2.28. The average molecular weight is 291 g/mol. The molecule has 1 amide bonds. The van der Waals surface area contributed by atoms with Crippen LogP contribution in [-0.2, 0) is 16.0 Å². The Morgan fingerprint density at radius 2 is 2.05 bits per heavy atom. The van der Waals surface area contributed by atoms with E-state index < -0.39 is 5.97 Å². The van der Waals surface area contributed by atoms with Crippen molar-refractivity contribution in [3.8, 4) is 0 Å². The molecule has 1 aromatic heterocycles. The number of ether oxygens (including phenoxy) is 1. The molecular formula is C13H13N3O3S. The Morgan fingerprint density at radius 1 is 1.30 bits per heavy atom. The largest absolute Gasteiger partial charge is 0.461 e. The number of carbonyl (C=O) groups excluding carboxylic acids is 2. The van der Waals surface area contributed by atoms with Crippen LogP contribution in [-0.4, -0.2) is 27.8 Å². The van der Waals surface area contributed by atoms with Gasteiger partial charge in [-0.15, -0.1) is 0 Å². The summed E-state index contributed by atoms with van der Waals surface area (Å²) in [5.74, 6) is -0.642. The van der Waals surface area contributed by atoms with Crippen LogP contribution in [0.3, 0.4) is 0 Å². The molecule has 0 saturated carbocycles. The van der Waals surface area contributed by atoms with Gasteiger partial charge in [0, 0.05) is 0 Å². The first-order chi connectivity index (χ1) is 9.69. The van der Waals surface area contributed by atoms with E-state index in [4.69, 9.17) is 4.74 Å². The Kier molecular flexibility index (Phi) is 4.78. The van der Waals surface area contributed by atoms with Crippen LogP contribution in [0.15, 0.2) is 30.3 Å². The van der Waals surface area contributed by atoms with Gasteiger partial charge in [0.25, 0.3) is 0 Å². The van der Waals surface area contributed by atoms with Crippen LogP contribution in [0.1, 0.15) is 22.3 Å². The minimum Gasteiger partial charge on any atom is -0.461 e. The van der Waals surface area contributed by atoms with Crippen molar-refractivity contribution in [2.75, 3.05) is 11.9 Å². The van der Waals surface area contributed by atoms with Crippen molar-refractivity contribution in [2.24, 2.45) is 0 Å². The topological polar surface area (TPSA) is 81.2 Å². The van der Waals surface area contributed by atoms with Gasteiger partial charge < -0.3 is 4.74 Å². The molecule has 2 aromatic rings. The van der Waals surface area contributed by atoms with Crippen molar-refractivity contribution in [1.82, 2.24) is 9.36 Å². The number of nitrogens with zero attached hydrogens (tertiary/aromatic N) is 2. The number of hydrogen-bond acceptors (Lipinski definition) is 6. The van der Waals surface area contributed by atoms with Gasteiger partial charge in [-0.25, -0.2) is 4.79 Å². The lowest BCUT2D eigenvalue weighted by Crippen LogP contribution is -2.15. The second kappa shape index (κ2) is 6.76. The monoisotopic (exact) mass is 291 g/mol. The summed E-state index contributed by atoms with van der Waals surface area (Å²) in [6.45, 7) is 1.98. The van der Waals surface area contributed by atoms with E-state index >= 15 is 0 Å². The summed E-state index contributed by atoms with van der Waals surface area (Å²) < 4.78 is 8.70. The van der Waals surface area contributed by atoms with Crippen molar-refractivity contribution >= 4 is 29.4 Å². The Labute approximate surface area is 120 Å². The lowest BCUT2D eigenvalue weighted by Gasteiger charge is -2.00. The molecule has 0 atom stereocenters. The average Bonchev–Trinajstić information content (AvgIpc) is 2.88. The van der Waals surface area contributed by atoms with Crippen molar-refractivity contribution in [1.29, 1.82) is 0 Å². The lowest BCUT2D eigenvalue weighted by molar-refractivity contribution is -0.115. The lowest BCUT2D eigenvalue weighted by atomic mass is 10.1. The minimum absolute atomic E-state index is 0.124. The van der Waals surface area contributed by atoms with Gasteiger partial charge in [0.1, 0.15) is 0 Å². The molecular weight excluding hydrogens is 278 g/mol. The third-order valence-corrected chi connectivity index (χ3v) is 3.03. The summed E-state index contributed by atoms with van der Waals surface area (Å²) in [5.41, 5.74) is 0.894. The summed E-state index contributed by atoms with van der Waals surface area (Å²) in [5, 5.41) is 2.68. The fourth-order valence-electron chi connectivity index (χ4n) is 1.50. The van der Waals surface area contributed by atoms with Gasteiger partial charge in [-0.3, -0.25) is 10.1 Å². The summed E-state index contributed by atoms with van der Waals surface area (Å²) in [4.78, 5) is 27.1. The van der Waals surface area contributed by atoms with Crippen LogP contribution >= 0.6 is 11.5 Å². The fraction of sp³-hybridized carbons (Fsp3) is 0.231. The maximum absolute atomic E-state index is 11.8. The second-order valence-corrected chi connectivity index (χ2v) is 4.61. The molecule has 0 aliphatic carbocycles. The summed E-state index contributed by atoms with van der Waals surface area (Å²) >= 11 is 0.896. The van der Waals surface area contributed by atoms with E-state index in [0.29, 0.717) is 0 Å².